The molecule has 1 saturated heterocycles. The summed E-state index contributed by atoms with van der Waals surface area (Å²) in [5.41, 5.74) is 1.12. The Bertz CT molecular complexity index is 184. The lowest BCUT2D eigenvalue weighted by Crippen LogP contribution is -2.31. The molecule has 0 aromatic heterocycles. The summed E-state index contributed by atoms with van der Waals surface area (Å²) in [5, 5.41) is 4.34. The molecule has 2 heteroatoms. The molecule has 53 valence electrons. The molecule has 1 unspecified atom stereocenters. The second-order valence-corrected chi connectivity index (χ2v) is 2.47. The number of fused-ring (bicyclic) bond motifs is 1. The Kier molecular flexibility index (Phi) is 1.47. The number of allylic oxidation sites excluding steroid dienone is 2. The SMILES string of the molecule is C1=CC2OCC[N]C2=CC1. The highest BCUT2D eigenvalue weighted by atomic mass is 16.5. The van der Waals surface area contributed by atoms with E-state index in [0.717, 1.165) is 25.3 Å². The van der Waals surface area contributed by atoms with E-state index in [1.54, 1.807) is 0 Å². The first-order valence-corrected chi connectivity index (χ1v) is 3.62. The molecule has 1 radical (unpaired) electrons. The molecule has 1 fully saturated rings. The third-order valence-electron chi connectivity index (χ3n) is 1.75. The van der Waals surface area contributed by atoms with Gasteiger partial charge in [-0.1, -0.05) is 18.2 Å². The molecule has 1 aliphatic heterocycles. The van der Waals surface area contributed by atoms with E-state index in [4.69, 9.17) is 4.74 Å². The van der Waals surface area contributed by atoms with Gasteiger partial charge < -0.3 is 4.74 Å². The summed E-state index contributed by atoms with van der Waals surface area (Å²) in [4.78, 5) is 0. The molecule has 0 spiro atoms. The van der Waals surface area contributed by atoms with E-state index in [-0.39, 0.29) is 6.10 Å². The van der Waals surface area contributed by atoms with Crippen LogP contribution in [-0.4, -0.2) is 19.3 Å². The second-order valence-electron chi connectivity index (χ2n) is 2.47. The van der Waals surface area contributed by atoms with Gasteiger partial charge in [-0.2, -0.15) is 0 Å². The van der Waals surface area contributed by atoms with Crippen molar-refractivity contribution in [1.82, 2.24) is 5.32 Å². The van der Waals surface area contributed by atoms with Gasteiger partial charge in [0.2, 0.25) is 0 Å². The Labute approximate surface area is 60.6 Å². The lowest BCUT2D eigenvalue weighted by atomic mass is 10.1. The number of ether oxygens (including phenoxy) is 1. The van der Waals surface area contributed by atoms with Crippen molar-refractivity contribution in [2.45, 2.75) is 12.5 Å². The topological polar surface area (TPSA) is 23.3 Å². The van der Waals surface area contributed by atoms with E-state index in [2.05, 4.69) is 23.5 Å². The van der Waals surface area contributed by atoms with Gasteiger partial charge in [-0.25, -0.2) is 0 Å². The summed E-state index contributed by atoms with van der Waals surface area (Å²) < 4.78 is 5.43. The molecule has 0 aromatic carbocycles. The van der Waals surface area contributed by atoms with Crippen LogP contribution in [0, 0.1) is 0 Å². The van der Waals surface area contributed by atoms with E-state index in [1.165, 1.54) is 0 Å². The fraction of sp³-hybridized carbons (Fsp3) is 0.500. The maximum absolute atomic E-state index is 5.43. The third-order valence-corrected chi connectivity index (χ3v) is 1.75. The first kappa shape index (κ1) is 5.98. The Balaban J connectivity index is 2.13. The Morgan fingerprint density at radius 2 is 2.60 bits per heavy atom. The normalized spacial score (nSPS) is 30.4. The molecule has 0 aromatic rings. The van der Waals surface area contributed by atoms with Crippen molar-refractivity contribution in [3.8, 4) is 0 Å². The van der Waals surface area contributed by atoms with Crippen LogP contribution in [0.4, 0.5) is 0 Å². The predicted octanol–water partition coefficient (Wildman–Crippen LogP) is 0.833. The minimum Gasteiger partial charge on any atom is -0.366 e. The largest absolute Gasteiger partial charge is 0.366 e. The molecule has 2 aliphatic rings. The van der Waals surface area contributed by atoms with E-state index in [9.17, 15) is 0 Å². The molecule has 1 heterocycles. The molecule has 10 heavy (non-hydrogen) atoms. The Morgan fingerprint density at radius 1 is 1.60 bits per heavy atom. The number of nitrogens with zero attached hydrogens (tertiary/aromatic N) is 1. The summed E-state index contributed by atoms with van der Waals surface area (Å²) >= 11 is 0. The van der Waals surface area contributed by atoms with Gasteiger partial charge in [0.25, 0.3) is 0 Å². The molecule has 1 atom stereocenters. The van der Waals surface area contributed by atoms with Gasteiger partial charge in [0.15, 0.2) is 0 Å². The lowest BCUT2D eigenvalue weighted by Gasteiger charge is -2.24. The molecular weight excluding hydrogens is 126 g/mol. The van der Waals surface area contributed by atoms with Crippen molar-refractivity contribution in [3.63, 3.8) is 0 Å². The van der Waals surface area contributed by atoms with Crippen molar-refractivity contribution in [1.29, 1.82) is 0 Å². The Hall–Kier alpha value is -0.760. The molecule has 0 bridgehead atoms. The molecule has 0 saturated carbocycles. The fourth-order valence-corrected chi connectivity index (χ4v) is 1.26. The number of morpholine rings is 1. The van der Waals surface area contributed by atoms with Crippen molar-refractivity contribution in [3.05, 3.63) is 23.9 Å². The van der Waals surface area contributed by atoms with Gasteiger partial charge >= 0.3 is 0 Å². The number of rotatable bonds is 0. The minimum absolute atomic E-state index is 0.169. The highest BCUT2D eigenvalue weighted by Gasteiger charge is 2.18. The van der Waals surface area contributed by atoms with Crippen molar-refractivity contribution >= 4 is 0 Å². The molecular formula is C8H10NO. The molecule has 2 rings (SSSR count). The van der Waals surface area contributed by atoms with Crippen LogP contribution < -0.4 is 5.32 Å². The van der Waals surface area contributed by atoms with Gasteiger partial charge in [0.1, 0.15) is 6.10 Å². The van der Waals surface area contributed by atoms with Crippen LogP contribution in [0.5, 0.6) is 0 Å². The first-order valence-electron chi connectivity index (χ1n) is 3.62. The van der Waals surface area contributed by atoms with Gasteiger partial charge in [-0.15, -0.1) is 0 Å². The van der Waals surface area contributed by atoms with E-state index in [1.807, 2.05) is 0 Å². The second kappa shape index (κ2) is 2.46. The quantitative estimate of drug-likeness (QED) is 0.452. The molecule has 2 nitrogen and oxygen atoms in total. The summed E-state index contributed by atoms with van der Waals surface area (Å²) in [5.74, 6) is 0. The van der Waals surface area contributed by atoms with Gasteiger partial charge in [0.05, 0.1) is 18.8 Å². The number of hydrogen-bond acceptors (Lipinski definition) is 1. The fourth-order valence-electron chi connectivity index (χ4n) is 1.26. The van der Waals surface area contributed by atoms with Crippen LogP contribution >= 0.6 is 0 Å². The van der Waals surface area contributed by atoms with Crippen LogP contribution in [0.1, 0.15) is 6.42 Å². The highest BCUT2D eigenvalue weighted by Crippen LogP contribution is 2.16. The van der Waals surface area contributed by atoms with Crippen LogP contribution in [-0.2, 0) is 4.74 Å². The van der Waals surface area contributed by atoms with E-state index in [0.29, 0.717) is 0 Å². The van der Waals surface area contributed by atoms with Crippen LogP contribution in [0.15, 0.2) is 23.9 Å². The summed E-state index contributed by atoms with van der Waals surface area (Å²) in [6.07, 6.45) is 7.51. The van der Waals surface area contributed by atoms with Gasteiger partial charge in [-0.3, -0.25) is 5.32 Å². The predicted molar refractivity (Wildman–Crippen MR) is 38.6 cm³/mol. The third kappa shape index (κ3) is 0.948. The average Bonchev–Trinajstić information content (AvgIpc) is 2.05. The zero-order chi connectivity index (χ0) is 6.81. The summed E-state index contributed by atoms with van der Waals surface area (Å²) in [6.45, 7) is 1.60. The van der Waals surface area contributed by atoms with Gasteiger partial charge in [0, 0.05) is 0 Å². The molecule has 0 amide bonds. The van der Waals surface area contributed by atoms with Crippen molar-refractivity contribution in [2.75, 3.05) is 13.2 Å². The average molecular weight is 136 g/mol. The van der Waals surface area contributed by atoms with Gasteiger partial charge in [-0.05, 0) is 6.42 Å². The minimum atomic E-state index is 0.169. The van der Waals surface area contributed by atoms with Crippen LogP contribution in [0.25, 0.3) is 0 Å². The summed E-state index contributed by atoms with van der Waals surface area (Å²) in [6, 6.07) is 0. The smallest absolute Gasteiger partial charge is 0.117 e. The monoisotopic (exact) mass is 136 g/mol. The number of hydrogen-bond donors (Lipinski definition) is 0. The molecule has 1 aliphatic carbocycles. The van der Waals surface area contributed by atoms with Crippen molar-refractivity contribution < 1.29 is 4.74 Å². The van der Waals surface area contributed by atoms with Crippen molar-refractivity contribution in [2.24, 2.45) is 0 Å². The molecule has 0 N–H and O–H groups in total. The standard InChI is InChI=1S/C8H10NO/c1-2-4-8-7(3-1)9-5-6-10-8/h2-4,8H,1,5-6H2. The maximum atomic E-state index is 5.43. The zero-order valence-electron chi connectivity index (χ0n) is 5.79. The van der Waals surface area contributed by atoms with Crippen LogP contribution in [0.3, 0.4) is 0 Å². The highest BCUT2D eigenvalue weighted by molar-refractivity contribution is 5.21. The summed E-state index contributed by atoms with van der Waals surface area (Å²) in [7, 11) is 0. The Morgan fingerprint density at radius 3 is 3.50 bits per heavy atom. The lowest BCUT2D eigenvalue weighted by molar-refractivity contribution is 0.0810. The van der Waals surface area contributed by atoms with E-state index < -0.39 is 0 Å². The van der Waals surface area contributed by atoms with Crippen LogP contribution in [0.2, 0.25) is 0 Å². The zero-order valence-corrected chi connectivity index (χ0v) is 5.79. The van der Waals surface area contributed by atoms with E-state index >= 15 is 0 Å². The maximum Gasteiger partial charge on any atom is 0.117 e. The first-order chi connectivity index (χ1) is 4.97.